The molecule has 3 heterocycles. The minimum Gasteiger partial charge on any atom is -0.433 e. The molecule has 0 unspecified atom stereocenters. The first kappa shape index (κ1) is 16.1. The standard InChI is InChI=1S/C20H16ClN3OS/c21-15-7-3-1-6-13(15)10-26-20-18-17(22-11-23-20)14-9-12-5-2-4-8-16(12)24-19(14)25-18/h1,3,6-7,9,11H,2,4-5,8,10H2. The Balaban J connectivity index is 1.57. The van der Waals surface area contributed by atoms with Crippen LogP contribution in [-0.4, -0.2) is 15.0 Å². The van der Waals surface area contributed by atoms with Gasteiger partial charge in [0.15, 0.2) is 5.58 Å². The van der Waals surface area contributed by atoms with E-state index in [2.05, 4.69) is 16.0 Å². The molecular formula is C20H16ClN3OS. The Morgan fingerprint density at radius 2 is 2.00 bits per heavy atom. The van der Waals surface area contributed by atoms with Crippen LogP contribution in [0.15, 0.2) is 46.1 Å². The highest BCUT2D eigenvalue weighted by molar-refractivity contribution is 7.98. The molecule has 1 aliphatic carbocycles. The van der Waals surface area contributed by atoms with Gasteiger partial charge in [-0.3, -0.25) is 0 Å². The molecule has 0 amide bonds. The summed E-state index contributed by atoms with van der Waals surface area (Å²) in [6, 6.07) is 10.1. The van der Waals surface area contributed by atoms with Gasteiger partial charge in [-0.1, -0.05) is 41.6 Å². The second-order valence-electron chi connectivity index (χ2n) is 6.49. The molecule has 130 valence electrons. The van der Waals surface area contributed by atoms with Crippen molar-refractivity contribution in [2.45, 2.75) is 36.5 Å². The number of fused-ring (bicyclic) bond motifs is 4. The summed E-state index contributed by atoms with van der Waals surface area (Å²) in [7, 11) is 0. The van der Waals surface area contributed by atoms with E-state index in [0.717, 1.165) is 50.7 Å². The van der Waals surface area contributed by atoms with Gasteiger partial charge in [-0.15, -0.1) is 0 Å². The summed E-state index contributed by atoms with van der Waals surface area (Å²) in [5, 5.41) is 2.58. The Kier molecular flexibility index (Phi) is 4.06. The van der Waals surface area contributed by atoms with E-state index in [1.807, 2.05) is 24.3 Å². The molecule has 4 aromatic rings. The summed E-state index contributed by atoms with van der Waals surface area (Å²) >= 11 is 7.87. The van der Waals surface area contributed by atoms with E-state index in [0.29, 0.717) is 5.71 Å². The number of aromatic nitrogens is 3. The van der Waals surface area contributed by atoms with Gasteiger partial charge in [-0.2, -0.15) is 0 Å². The average Bonchev–Trinajstić information content (AvgIpc) is 3.04. The van der Waals surface area contributed by atoms with E-state index >= 15 is 0 Å². The number of benzene rings is 1. The first-order valence-electron chi connectivity index (χ1n) is 8.72. The first-order chi connectivity index (χ1) is 12.8. The summed E-state index contributed by atoms with van der Waals surface area (Å²) in [5.41, 5.74) is 5.81. The van der Waals surface area contributed by atoms with Gasteiger partial charge in [0.05, 0.1) is 5.39 Å². The molecule has 0 aliphatic heterocycles. The Morgan fingerprint density at radius 3 is 2.92 bits per heavy atom. The largest absolute Gasteiger partial charge is 0.433 e. The zero-order chi connectivity index (χ0) is 17.5. The highest BCUT2D eigenvalue weighted by atomic mass is 35.5. The minimum atomic E-state index is 0.667. The molecule has 1 aliphatic rings. The van der Waals surface area contributed by atoms with Crippen molar-refractivity contribution in [3.05, 3.63) is 58.5 Å². The van der Waals surface area contributed by atoms with Crippen molar-refractivity contribution >= 4 is 45.6 Å². The molecule has 0 N–H and O–H groups in total. The van der Waals surface area contributed by atoms with E-state index in [1.165, 1.54) is 24.1 Å². The van der Waals surface area contributed by atoms with Crippen LogP contribution in [0.25, 0.3) is 22.2 Å². The third-order valence-corrected chi connectivity index (χ3v) is 6.20. The summed E-state index contributed by atoms with van der Waals surface area (Å²) < 4.78 is 6.08. The van der Waals surface area contributed by atoms with Gasteiger partial charge in [0.25, 0.3) is 0 Å². The maximum Gasteiger partial charge on any atom is 0.229 e. The molecule has 26 heavy (non-hydrogen) atoms. The third kappa shape index (κ3) is 2.75. The van der Waals surface area contributed by atoms with Crippen LogP contribution in [0.5, 0.6) is 0 Å². The fourth-order valence-electron chi connectivity index (χ4n) is 3.46. The van der Waals surface area contributed by atoms with Crippen LogP contribution >= 0.6 is 23.4 Å². The van der Waals surface area contributed by atoms with E-state index in [1.54, 1.807) is 18.1 Å². The topological polar surface area (TPSA) is 51.8 Å². The van der Waals surface area contributed by atoms with E-state index in [9.17, 15) is 0 Å². The number of hydrogen-bond acceptors (Lipinski definition) is 5. The van der Waals surface area contributed by atoms with Gasteiger partial charge in [0, 0.05) is 16.5 Å². The molecule has 1 aromatic carbocycles. The summed E-state index contributed by atoms with van der Waals surface area (Å²) in [6.45, 7) is 0. The Hall–Kier alpha value is -2.11. The van der Waals surface area contributed by atoms with Gasteiger partial charge < -0.3 is 4.42 Å². The van der Waals surface area contributed by atoms with E-state index in [4.69, 9.17) is 21.0 Å². The molecule has 0 atom stereocenters. The van der Waals surface area contributed by atoms with Crippen LogP contribution in [0.1, 0.15) is 29.7 Å². The van der Waals surface area contributed by atoms with Crippen LogP contribution in [0.2, 0.25) is 5.02 Å². The van der Waals surface area contributed by atoms with Crippen molar-refractivity contribution < 1.29 is 4.42 Å². The number of furan rings is 1. The molecule has 0 spiro atoms. The van der Waals surface area contributed by atoms with Crippen LogP contribution < -0.4 is 0 Å². The quantitative estimate of drug-likeness (QED) is 0.341. The zero-order valence-electron chi connectivity index (χ0n) is 14.0. The Morgan fingerprint density at radius 1 is 1.12 bits per heavy atom. The Labute approximate surface area is 160 Å². The molecule has 0 saturated carbocycles. The average molecular weight is 382 g/mol. The molecule has 3 aromatic heterocycles. The summed E-state index contributed by atoms with van der Waals surface area (Å²) in [4.78, 5) is 13.7. The molecular weight excluding hydrogens is 366 g/mol. The second-order valence-corrected chi connectivity index (χ2v) is 7.86. The van der Waals surface area contributed by atoms with Crippen LogP contribution in [-0.2, 0) is 18.6 Å². The molecule has 0 fully saturated rings. The van der Waals surface area contributed by atoms with Crippen molar-refractivity contribution in [1.82, 2.24) is 15.0 Å². The number of rotatable bonds is 3. The predicted molar refractivity (Wildman–Crippen MR) is 105 cm³/mol. The van der Waals surface area contributed by atoms with Crippen molar-refractivity contribution in [3.63, 3.8) is 0 Å². The van der Waals surface area contributed by atoms with Gasteiger partial charge in [-0.05, 0) is 48.9 Å². The number of aryl methyl sites for hydroxylation is 2. The van der Waals surface area contributed by atoms with E-state index in [-0.39, 0.29) is 0 Å². The first-order valence-corrected chi connectivity index (χ1v) is 10.1. The molecule has 5 rings (SSSR count). The monoisotopic (exact) mass is 381 g/mol. The van der Waals surface area contributed by atoms with Crippen LogP contribution in [0.3, 0.4) is 0 Å². The lowest BCUT2D eigenvalue weighted by Gasteiger charge is -2.13. The fraction of sp³-hybridized carbons (Fsp3) is 0.250. The predicted octanol–water partition coefficient (Wildman–Crippen LogP) is 5.60. The molecule has 4 nitrogen and oxygen atoms in total. The smallest absolute Gasteiger partial charge is 0.229 e. The van der Waals surface area contributed by atoms with Crippen LogP contribution in [0, 0.1) is 0 Å². The summed E-state index contributed by atoms with van der Waals surface area (Å²) in [6.07, 6.45) is 6.15. The maximum atomic E-state index is 6.27. The number of halogens is 1. The normalized spacial score (nSPS) is 14.0. The third-order valence-electron chi connectivity index (χ3n) is 4.81. The Bertz CT molecular complexity index is 1120. The number of pyridine rings is 1. The maximum absolute atomic E-state index is 6.27. The fourth-order valence-corrected chi connectivity index (χ4v) is 4.68. The number of hydrogen-bond donors (Lipinski definition) is 0. The van der Waals surface area contributed by atoms with Gasteiger partial charge >= 0.3 is 0 Å². The SMILES string of the molecule is Clc1ccccc1CSc1ncnc2c1oc1nc3c(cc12)CCCC3. The van der Waals surface area contributed by atoms with Crippen molar-refractivity contribution in [1.29, 1.82) is 0 Å². The van der Waals surface area contributed by atoms with Crippen LogP contribution in [0.4, 0.5) is 0 Å². The molecule has 0 radical (unpaired) electrons. The summed E-state index contributed by atoms with van der Waals surface area (Å²) in [5.74, 6) is 0.729. The van der Waals surface area contributed by atoms with Crippen molar-refractivity contribution in [2.24, 2.45) is 0 Å². The lowest BCUT2D eigenvalue weighted by Crippen LogP contribution is -2.04. The minimum absolute atomic E-state index is 0.667. The highest BCUT2D eigenvalue weighted by Gasteiger charge is 2.19. The van der Waals surface area contributed by atoms with Crippen molar-refractivity contribution in [2.75, 3.05) is 0 Å². The van der Waals surface area contributed by atoms with E-state index < -0.39 is 0 Å². The number of thioether (sulfide) groups is 1. The van der Waals surface area contributed by atoms with Crippen molar-refractivity contribution in [3.8, 4) is 0 Å². The lowest BCUT2D eigenvalue weighted by atomic mass is 9.95. The highest BCUT2D eigenvalue weighted by Crippen LogP contribution is 2.35. The van der Waals surface area contributed by atoms with Gasteiger partial charge in [-0.25, -0.2) is 15.0 Å². The molecule has 0 bridgehead atoms. The zero-order valence-corrected chi connectivity index (χ0v) is 15.6. The lowest BCUT2D eigenvalue weighted by molar-refractivity contribution is 0.624. The molecule has 0 saturated heterocycles. The number of nitrogens with zero attached hydrogens (tertiary/aromatic N) is 3. The second kappa shape index (κ2) is 6.56. The van der Waals surface area contributed by atoms with Gasteiger partial charge in [0.1, 0.15) is 16.9 Å². The van der Waals surface area contributed by atoms with Gasteiger partial charge in [0.2, 0.25) is 5.71 Å². The molecule has 6 heteroatoms.